The van der Waals surface area contributed by atoms with Crippen molar-refractivity contribution in [3.63, 3.8) is 0 Å². The van der Waals surface area contributed by atoms with E-state index in [2.05, 4.69) is 43.8 Å². The van der Waals surface area contributed by atoms with Gasteiger partial charge in [-0.05, 0) is 23.3 Å². The average Bonchev–Trinajstić information content (AvgIpc) is 2.89. The van der Waals surface area contributed by atoms with Crippen LogP contribution in [0.4, 0.5) is 5.69 Å². The van der Waals surface area contributed by atoms with Crippen molar-refractivity contribution in [1.29, 1.82) is 0 Å². The van der Waals surface area contributed by atoms with Crippen LogP contribution in [-0.2, 0) is 6.42 Å². The van der Waals surface area contributed by atoms with Crippen molar-refractivity contribution in [2.45, 2.75) is 27.2 Å². The van der Waals surface area contributed by atoms with Crippen LogP contribution in [0.5, 0.6) is 5.75 Å². The first kappa shape index (κ1) is 16.6. The van der Waals surface area contributed by atoms with E-state index >= 15 is 0 Å². The normalized spacial score (nSPS) is 11.9. The minimum absolute atomic E-state index is 0.369. The maximum Gasteiger partial charge on any atom is 0.125 e. The lowest BCUT2D eigenvalue weighted by Gasteiger charge is -2.06. The summed E-state index contributed by atoms with van der Waals surface area (Å²) in [5.74, 6) is 1.20. The number of halogens is 1. The smallest absolute Gasteiger partial charge is 0.125 e. The Morgan fingerprint density at radius 3 is 2.25 bits per heavy atom. The number of aromatic hydroxyl groups is 1. The molecule has 0 aliphatic carbocycles. The van der Waals surface area contributed by atoms with Crippen LogP contribution >= 0.6 is 11.6 Å². The van der Waals surface area contributed by atoms with Gasteiger partial charge in [0.2, 0.25) is 0 Å². The molecule has 1 aliphatic rings. The Hall–Kier alpha value is -1.41. The Labute approximate surface area is 126 Å². The molecule has 0 aromatic heterocycles. The van der Waals surface area contributed by atoms with Crippen LogP contribution in [0.15, 0.2) is 30.3 Å². The molecule has 0 unspecified atom stereocenters. The second-order valence-electron chi connectivity index (χ2n) is 5.38. The number of alkyl halides is 1. The minimum Gasteiger partial charge on any atom is -0.507 e. The molecule has 20 heavy (non-hydrogen) atoms. The van der Waals surface area contributed by atoms with E-state index in [1.54, 1.807) is 0 Å². The Morgan fingerprint density at radius 1 is 1.10 bits per heavy atom. The van der Waals surface area contributed by atoms with Gasteiger partial charge in [0.05, 0.1) is 0 Å². The third kappa shape index (κ3) is 4.04. The van der Waals surface area contributed by atoms with Gasteiger partial charge >= 0.3 is 0 Å². The van der Waals surface area contributed by atoms with Crippen molar-refractivity contribution < 1.29 is 5.11 Å². The SMILES string of the molecule is CC(C)C.CCl.Oc1cc2c(c3ccccc13)CCN2. The number of phenols is 1. The summed E-state index contributed by atoms with van der Waals surface area (Å²) < 4.78 is 0. The van der Waals surface area contributed by atoms with Gasteiger partial charge in [-0.3, -0.25) is 0 Å². The van der Waals surface area contributed by atoms with Crippen LogP contribution in [0.2, 0.25) is 0 Å². The molecular formula is C17H24ClNO. The molecule has 3 heteroatoms. The monoisotopic (exact) mass is 293 g/mol. The van der Waals surface area contributed by atoms with Gasteiger partial charge in [0.15, 0.2) is 0 Å². The average molecular weight is 294 g/mol. The van der Waals surface area contributed by atoms with Gasteiger partial charge < -0.3 is 10.4 Å². The highest BCUT2D eigenvalue weighted by Crippen LogP contribution is 2.36. The molecule has 3 rings (SSSR count). The van der Waals surface area contributed by atoms with Crippen LogP contribution in [0.3, 0.4) is 0 Å². The fourth-order valence-corrected chi connectivity index (χ4v) is 2.17. The summed E-state index contributed by atoms with van der Waals surface area (Å²) in [6.07, 6.45) is 2.52. The fourth-order valence-electron chi connectivity index (χ4n) is 2.17. The summed E-state index contributed by atoms with van der Waals surface area (Å²) in [5, 5.41) is 15.2. The highest BCUT2D eigenvalue weighted by atomic mass is 35.5. The highest BCUT2D eigenvalue weighted by molar-refractivity contribution is 6.15. The molecule has 0 fully saturated rings. The summed E-state index contributed by atoms with van der Waals surface area (Å²) >= 11 is 4.64. The van der Waals surface area contributed by atoms with Crippen LogP contribution in [0, 0.1) is 5.92 Å². The zero-order valence-electron chi connectivity index (χ0n) is 12.7. The third-order valence-electron chi connectivity index (χ3n) is 2.82. The molecule has 0 saturated heterocycles. The Morgan fingerprint density at radius 2 is 1.65 bits per heavy atom. The van der Waals surface area contributed by atoms with Gasteiger partial charge in [-0.2, -0.15) is 0 Å². The van der Waals surface area contributed by atoms with Gasteiger partial charge in [-0.15, -0.1) is 11.6 Å². The zero-order chi connectivity index (χ0) is 15.1. The predicted molar refractivity (Wildman–Crippen MR) is 90.1 cm³/mol. The Balaban J connectivity index is 0.000000291. The number of hydrogen-bond donors (Lipinski definition) is 2. The van der Waals surface area contributed by atoms with Crippen LogP contribution in [-0.4, -0.2) is 18.0 Å². The van der Waals surface area contributed by atoms with Crippen LogP contribution in [0.25, 0.3) is 10.8 Å². The quantitative estimate of drug-likeness (QED) is 0.668. The number of anilines is 1. The molecule has 110 valence electrons. The lowest BCUT2D eigenvalue weighted by molar-refractivity contribution is 0.482. The van der Waals surface area contributed by atoms with Crippen molar-refractivity contribution in [2.75, 3.05) is 18.2 Å². The number of nitrogens with one attached hydrogen (secondary N) is 1. The number of rotatable bonds is 0. The zero-order valence-corrected chi connectivity index (χ0v) is 13.5. The third-order valence-corrected chi connectivity index (χ3v) is 2.82. The summed E-state index contributed by atoms with van der Waals surface area (Å²) in [7, 11) is 0. The number of phenolic OH excluding ortho intramolecular Hbond substituents is 1. The van der Waals surface area contributed by atoms with Gasteiger partial charge in [0, 0.05) is 30.1 Å². The lowest BCUT2D eigenvalue weighted by Crippen LogP contribution is -1.90. The maximum absolute atomic E-state index is 9.80. The molecule has 0 bridgehead atoms. The van der Waals surface area contributed by atoms with Crippen molar-refractivity contribution >= 4 is 28.1 Å². The number of fused-ring (bicyclic) bond motifs is 3. The highest BCUT2D eigenvalue weighted by Gasteiger charge is 2.15. The number of benzene rings is 2. The molecule has 2 nitrogen and oxygen atoms in total. The van der Waals surface area contributed by atoms with E-state index in [1.807, 2.05) is 24.3 Å². The fraction of sp³-hybridized carbons (Fsp3) is 0.412. The standard InChI is InChI=1S/C12H11NO.C4H10.CH3Cl/c14-12-7-11-9(5-6-13-11)8-3-1-2-4-10(8)12;1-4(2)3;1-2/h1-4,7,13-14H,5-6H2;4H,1-3H3;1H3. The lowest BCUT2D eigenvalue weighted by atomic mass is 10.0. The topological polar surface area (TPSA) is 32.3 Å². The van der Waals surface area contributed by atoms with E-state index in [1.165, 1.54) is 17.3 Å². The van der Waals surface area contributed by atoms with Crippen LogP contribution < -0.4 is 5.32 Å². The Bertz CT molecular complexity index is 549. The molecule has 1 aliphatic heterocycles. The van der Waals surface area contributed by atoms with Crippen molar-refractivity contribution in [2.24, 2.45) is 5.92 Å². The van der Waals surface area contributed by atoms with E-state index in [-0.39, 0.29) is 0 Å². The second-order valence-corrected chi connectivity index (χ2v) is 5.38. The molecule has 0 radical (unpaired) electrons. The molecule has 2 aromatic rings. The first-order chi connectivity index (χ1) is 9.59. The molecule has 0 spiro atoms. The van der Waals surface area contributed by atoms with Gasteiger partial charge in [-0.1, -0.05) is 45.0 Å². The summed E-state index contributed by atoms with van der Waals surface area (Å²) in [6.45, 7) is 7.47. The molecule has 0 atom stereocenters. The predicted octanol–water partition coefficient (Wildman–Crippen LogP) is 5.03. The molecule has 1 heterocycles. The minimum atomic E-state index is 0.369. The largest absolute Gasteiger partial charge is 0.507 e. The molecule has 2 aromatic carbocycles. The number of hydrogen-bond acceptors (Lipinski definition) is 2. The molecular weight excluding hydrogens is 270 g/mol. The first-order valence-electron chi connectivity index (χ1n) is 6.95. The van der Waals surface area contributed by atoms with Crippen LogP contribution in [0.1, 0.15) is 26.3 Å². The van der Waals surface area contributed by atoms with Gasteiger partial charge in [0.1, 0.15) is 5.75 Å². The molecule has 0 amide bonds. The maximum atomic E-state index is 9.80. The summed E-state index contributed by atoms with van der Waals surface area (Å²) in [6, 6.07) is 9.83. The van der Waals surface area contributed by atoms with E-state index in [4.69, 9.17) is 0 Å². The van der Waals surface area contributed by atoms with Crippen molar-refractivity contribution in [3.05, 3.63) is 35.9 Å². The van der Waals surface area contributed by atoms with E-state index in [0.29, 0.717) is 5.75 Å². The van der Waals surface area contributed by atoms with E-state index in [9.17, 15) is 5.11 Å². The van der Waals surface area contributed by atoms with E-state index in [0.717, 1.165) is 30.0 Å². The van der Waals surface area contributed by atoms with Crippen molar-refractivity contribution in [3.8, 4) is 5.75 Å². The summed E-state index contributed by atoms with van der Waals surface area (Å²) in [5.41, 5.74) is 2.42. The molecule has 0 saturated carbocycles. The van der Waals surface area contributed by atoms with Gasteiger partial charge in [-0.25, -0.2) is 0 Å². The molecule has 2 N–H and O–H groups in total. The summed E-state index contributed by atoms with van der Waals surface area (Å²) in [4.78, 5) is 0. The van der Waals surface area contributed by atoms with Crippen molar-refractivity contribution in [1.82, 2.24) is 0 Å². The second kappa shape index (κ2) is 8.01. The Kier molecular flexibility index (Phi) is 6.66. The van der Waals surface area contributed by atoms with E-state index < -0.39 is 0 Å². The first-order valence-corrected chi connectivity index (χ1v) is 7.70. The van der Waals surface area contributed by atoms with Gasteiger partial charge in [0.25, 0.3) is 0 Å².